The maximum atomic E-state index is 11.2. The zero-order valence-electron chi connectivity index (χ0n) is 10.4. The summed E-state index contributed by atoms with van der Waals surface area (Å²) in [6.07, 6.45) is 3.99. The van der Waals surface area contributed by atoms with E-state index in [1.807, 2.05) is 11.8 Å². The van der Waals surface area contributed by atoms with Gasteiger partial charge in [0.2, 0.25) is 5.88 Å². The van der Waals surface area contributed by atoms with E-state index in [1.54, 1.807) is 6.07 Å². The largest absolute Gasteiger partial charge is 0.480 e. The molecule has 0 spiro atoms. The quantitative estimate of drug-likeness (QED) is 0.869. The molecule has 0 bridgehead atoms. The minimum absolute atomic E-state index is 0.484. The average Bonchev–Trinajstić information content (AvgIpc) is 2.39. The van der Waals surface area contributed by atoms with E-state index in [2.05, 4.69) is 9.97 Å². The number of nitrogens with zero attached hydrogens (tertiary/aromatic N) is 3. The van der Waals surface area contributed by atoms with Crippen molar-refractivity contribution in [2.24, 2.45) is 0 Å². The molecule has 1 saturated heterocycles. The number of carbonyl (C=O) groups is 1. The minimum atomic E-state index is -0.800. The third-order valence-corrected chi connectivity index (χ3v) is 3.00. The SMILES string of the molecule is CCOc1cc(N2CCCC[C@@H]2C(=O)O)ncn1. The van der Waals surface area contributed by atoms with Crippen LogP contribution in [-0.4, -0.2) is 40.2 Å². The van der Waals surface area contributed by atoms with Crippen LogP contribution < -0.4 is 9.64 Å². The second kappa shape index (κ2) is 5.66. The molecule has 0 aromatic carbocycles. The molecule has 18 heavy (non-hydrogen) atoms. The Kier molecular flexibility index (Phi) is 3.96. The summed E-state index contributed by atoms with van der Waals surface area (Å²) in [6.45, 7) is 3.11. The summed E-state index contributed by atoms with van der Waals surface area (Å²) >= 11 is 0. The standard InChI is InChI=1S/C12H17N3O3/c1-2-18-11-7-10(13-8-14-11)15-6-4-3-5-9(15)12(16)17/h7-9H,2-6H2,1H3,(H,16,17)/t9-/m1/s1. The van der Waals surface area contributed by atoms with Crippen LogP contribution in [0.3, 0.4) is 0 Å². The number of hydrogen-bond acceptors (Lipinski definition) is 5. The third-order valence-electron chi connectivity index (χ3n) is 3.00. The van der Waals surface area contributed by atoms with Gasteiger partial charge in [-0.1, -0.05) is 0 Å². The Morgan fingerprint density at radius 2 is 2.39 bits per heavy atom. The van der Waals surface area contributed by atoms with Gasteiger partial charge in [-0.25, -0.2) is 14.8 Å². The van der Waals surface area contributed by atoms with Crippen LogP contribution in [0.25, 0.3) is 0 Å². The van der Waals surface area contributed by atoms with Gasteiger partial charge in [0.25, 0.3) is 0 Å². The van der Waals surface area contributed by atoms with E-state index >= 15 is 0 Å². The van der Waals surface area contributed by atoms with Gasteiger partial charge in [0.1, 0.15) is 18.2 Å². The fraction of sp³-hybridized carbons (Fsp3) is 0.583. The van der Waals surface area contributed by atoms with E-state index < -0.39 is 12.0 Å². The topological polar surface area (TPSA) is 75.5 Å². The summed E-state index contributed by atoms with van der Waals surface area (Å²) in [7, 11) is 0. The van der Waals surface area contributed by atoms with Crippen LogP contribution in [0.1, 0.15) is 26.2 Å². The van der Waals surface area contributed by atoms with Gasteiger partial charge in [0.05, 0.1) is 6.61 Å². The number of anilines is 1. The predicted molar refractivity (Wildman–Crippen MR) is 65.8 cm³/mol. The number of carboxylic acid groups (broad SMARTS) is 1. The number of hydrogen-bond donors (Lipinski definition) is 1. The highest BCUT2D eigenvalue weighted by Gasteiger charge is 2.29. The molecule has 0 aliphatic carbocycles. The summed E-state index contributed by atoms with van der Waals surface area (Å²) in [5.41, 5.74) is 0. The summed E-state index contributed by atoms with van der Waals surface area (Å²) in [5.74, 6) is 0.309. The first kappa shape index (κ1) is 12.6. The van der Waals surface area contributed by atoms with Crippen molar-refractivity contribution >= 4 is 11.8 Å². The van der Waals surface area contributed by atoms with Crippen molar-refractivity contribution in [1.29, 1.82) is 0 Å². The molecule has 0 saturated carbocycles. The molecule has 1 aliphatic rings. The lowest BCUT2D eigenvalue weighted by atomic mass is 10.0. The molecule has 1 aromatic heterocycles. The number of aromatic nitrogens is 2. The molecular weight excluding hydrogens is 234 g/mol. The zero-order valence-corrected chi connectivity index (χ0v) is 10.4. The maximum absolute atomic E-state index is 11.2. The number of carboxylic acids is 1. The van der Waals surface area contributed by atoms with Crippen molar-refractivity contribution < 1.29 is 14.6 Å². The summed E-state index contributed by atoms with van der Waals surface area (Å²) in [4.78, 5) is 21.2. The van der Waals surface area contributed by atoms with E-state index in [9.17, 15) is 9.90 Å². The molecular formula is C12H17N3O3. The zero-order chi connectivity index (χ0) is 13.0. The Balaban J connectivity index is 2.22. The summed E-state index contributed by atoms with van der Waals surface area (Å²) < 4.78 is 5.31. The molecule has 1 aromatic rings. The van der Waals surface area contributed by atoms with E-state index in [-0.39, 0.29) is 0 Å². The molecule has 1 N–H and O–H groups in total. The fourth-order valence-electron chi connectivity index (χ4n) is 2.18. The summed E-state index contributed by atoms with van der Waals surface area (Å²) in [5, 5.41) is 9.23. The van der Waals surface area contributed by atoms with Crippen molar-refractivity contribution in [3.63, 3.8) is 0 Å². The van der Waals surface area contributed by atoms with Crippen LogP contribution in [0.5, 0.6) is 5.88 Å². The van der Waals surface area contributed by atoms with E-state index in [4.69, 9.17) is 4.74 Å². The van der Waals surface area contributed by atoms with Crippen LogP contribution in [0.2, 0.25) is 0 Å². The number of rotatable bonds is 4. The van der Waals surface area contributed by atoms with Crippen LogP contribution >= 0.6 is 0 Å². The molecule has 2 rings (SSSR count). The first-order chi connectivity index (χ1) is 8.72. The first-order valence-corrected chi connectivity index (χ1v) is 6.16. The molecule has 1 fully saturated rings. The molecule has 1 atom stereocenters. The van der Waals surface area contributed by atoms with Gasteiger partial charge < -0.3 is 14.7 Å². The molecule has 0 radical (unpaired) electrons. The average molecular weight is 251 g/mol. The van der Waals surface area contributed by atoms with E-state index in [1.165, 1.54) is 6.33 Å². The highest BCUT2D eigenvalue weighted by molar-refractivity contribution is 5.78. The third kappa shape index (κ3) is 2.69. The van der Waals surface area contributed by atoms with Gasteiger partial charge in [0, 0.05) is 12.6 Å². The molecule has 1 aliphatic heterocycles. The van der Waals surface area contributed by atoms with Gasteiger partial charge in [-0.2, -0.15) is 0 Å². The lowest BCUT2D eigenvalue weighted by Gasteiger charge is -2.33. The molecule has 0 unspecified atom stereocenters. The Morgan fingerprint density at radius 1 is 1.56 bits per heavy atom. The molecule has 98 valence electrons. The number of ether oxygens (including phenoxy) is 1. The molecule has 6 nitrogen and oxygen atoms in total. The van der Waals surface area contributed by atoms with Crippen molar-refractivity contribution in [2.45, 2.75) is 32.2 Å². The van der Waals surface area contributed by atoms with Gasteiger partial charge >= 0.3 is 5.97 Å². The van der Waals surface area contributed by atoms with E-state index in [0.29, 0.717) is 31.3 Å². The highest BCUT2D eigenvalue weighted by atomic mass is 16.5. The Bertz CT molecular complexity index is 425. The minimum Gasteiger partial charge on any atom is -0.480 e. The smallest absolute Gasteiger partial charge is 0.326 e. The lowest BCUT2D eigenvalue weighted by Crippen LogP contribution is -2.45. The second-order valence-electron chi connectivity index (χ2n) is 4.19. The van der Waals surface area contributed by atoms with Gasteiger partial charge in [0.15, 0.2) is 0 Å². The van der Waals surface area contributed by atoms with Gasteiger partial charge in [-0.3, -0.25) is 0 Å². The van der Waals surface area contributed by atoms with Crippen molar-refractivity contribution in [1.82, 2.24) is 9.97 Å². The number of piperidine rings is 1. The normalized spacial score (nSPS) is 19.6. The molecule has 6 heteroatoms. The predicted octanol–water partition coefficient (Wildman–Crippen LogP) is 1.32. The van der Waals surface area contributed by atoms with Crippen LogP contribution in [0, 0.1) is 0 Å². The van der Waals surface area contributed by atoms with Gasteiger partial charge in [-0.15, -0.1) is 0 Å². The van der Waals surface area contributed by atoms with E-state index in [0.717, 1.165) is 12.8 Å². The van der Waals surface area contributed by atoms with Crippen LogP contribution in [-0.2, 0) is 4.79 Å². The van der Waals surface area contributed by atoms with Crippen LogP contribution in [0.15, 0.2) is 12.4 Å². The molecule has 0 amide bonds. The van der Waals surface area contributed by atoms with Crippen molar-refractivity contribution in [3.05, 3.63) is 12.4 Å². The summed E-state index contributed by atoms with van der Waals surface area (Å²) in [6, 6.07) is 1.20. The highest BCUT2D eigenvalue weighted by Crippen LogP contribution is 2.24. The Morgan fingerprint density at radius 3 is 3.11 bits per heavy atom. The Labute approximate surface area is 106 Å². The Hall–Kier alpha value is -1.85. The molecule has 2 heterocycles. The van der Waals surface area contributed by atoms with Crippen molar-refractivity contribution in [2.75, 3.05) is 18.1 Å². The van der Waals surface area contributed by atoms with Gasteiger partial charge in [-0.05, 0) is 26.2 Å². The lowest BCUT2D eigenvalue weighted by molar-refractivity contribution is -0.139. The maximum Gasteiger partial charge on any atom is 0.326 e. The first-order valence-electron chi connectivity index (χ1n) is 6.16. The van der Waals surface area contributed by atoms with Crippen LogP contribution in [0.4, 0.5) is 5.82 Å². The fourth-order valence-corrected chi connectivity index (χ4v) is 2.18. The van der Waals surface area contributed by atoms with Crippen molar-refractivity contribution in [3.8, 4) is 5.88 Å². The second-order valence-corrected chi connectivity index (χ2v) is 4.19. The monoisotopic (exact) mass is 251 g/mol. The number of aliphatic carboxylic acids is 1.